The molecule has 6 nitrogen and oxygen atoms in total. The zero-order valence-corrected chi connectivity index (χ0v) is 14.5. The van der Waals surface area contributed by atoms with Gasteiger partial charge in [0.05, 0.1) is 17.1 Å². The number of rotatable bonds is 4. The fraction of sp³-hybridized carbons (Fsp3) is 0.100. The molecule has 1 N–H and O–H groups in total. The number of carbonyl (C=O) groups is 1. The van der Waals surface area contributed by atoms with Gasteiger partial charge in [-0.3, -0.25) is 9.20 Å². The summed E-state index contributed by atoms with van der Waals surface area (Å²) in [6.45, 7) is 3.52. The molecule has 1 aromatic carbocycles. The second-order valence-corrected chi connectivity index (χ2v) is 6.00. The number of imidazole rings is 1. The summed E-state index contributed by atoms with van der Waals surface area (Å²) >= 11 is 0. The normalized spacial score (nSPS) is 10.8. The minimum atomic E-state index is 0.0397. The van der Waals surface area contributed by atoms with Crippen molar-refractivity contribution in [3.8, 4) is 11.4 Å². The highest BCUT2D eigenvalue weighted by molar-refractivity contribution is 5.94. The number of hydrogen-bond donors (Lipinski definition) is 1. The molecule has 26 heavy (non-hydrogen) atoms. The minimum absolute atomic E-state index is 0.0397. The predicted molar refractivity (Wildman–Crippen MR) is 101 cm³/mol. The molecule has 4 rings (SSSR count). The van der Waals surface area contributed by atoms with Crippen LogP contribution in [0, 0.1) is 6.92 Å². The van der Waals surface area contributed by atoms with Gasteiger partial charge in [-0.15, -0.1) is 0 Å². The van der Waals surface area contributed by atoms with Gasteiger partial charge in [-0.2, -0.15) is 0 Å². The van der Waals surface area contributed by atoms with Crippen LogP contribution in [0.3, 0.4) is 0 Å². The molecule has 4 aromatic rings. The molecule has 0 radical (unpaired) electrons. The molecule has 0 saturated heterocycles. The Morgan fingerprint density at radius 1 is 1.04 bits per heavy atom. The number of ketones is 1. The minimum Gasteiger partial charge on any atom is -0.324 e. The molecular weight excluding hydrogens is 326 g/mol. The van der Waals surface area contributed by atoms with Crippen LogP contribution < -0.4 is 5.32 Å². The van der Waals surface area contributed by atoms with Gasteiger partial charge in [0.2, 0.25) is 5.95 Å². The summed E-state index contributed by atoms with van der Waals surface area (Å²) in [6.07, 6.45) is 3.69. The van der Waals surface area contributed by atoms with Gasteiger partial charge in [-0.1, -0.05) is 6.07 Å². The van der Waals surface area contributed by atoms with Gasteiger partial charge in [-0.05, 0) is 56.3 Å². The van der Waals surface area contributed by atoms with Crippen molar-refractivity contribution in [2.24, 2.45) is 0 Å². The first-order chi connectivity index (χ1) is 12.6. The number of nitrogens with one attached hydrogen (secondary N) is 1. The van der Waals surface area contributed by atoms with E-state index in [9.17, 15) is 4.79 Å². The van der Waals surface area contributed by atoms with Crippen LogP contribution in [0.1, 0.15) is 23.0 Å². The standard InChI is InChI=1S/C20H17N5O/c1-13-19(25-12-4-3-5-18(25)22-13)17-10-11-21-20(24-17)23-16-8-6-15(7-9-16)14(2)26/h3-12H,1-2H3,(H,21,23,24). The van der Waals surface area contributed by atoms with Crippen LogP contribution in [0.4, 0.5) is 11.6 Å². The maximum absolute atomic E-state index is 11.4. The van der Waals surface area contributed by atoms with Crippen LogP contribution in [0.25, 0.3) is 17.0 Å². The Balaban J connectivity index is 1.68. The molecule has 0 unspecified atom stereocenters. The summed E-state index contributed by atoms with van der Waals surface area (Å²) in [6, 6.07) is 15.0. The lowest BCUT2D eigenvalue weighted by Gasteiger charge is -2.08. The van der Waals surface area contributed by atoms with E-state index < -0.39 is 0 Å². The Bertz CT molecular complexity index is 1100. The number of nitrogens with zero attached hydrogens (tertiary/aromatic N) is 4. The molecule has 0 spiro atoms. The topological polar surface area (TPSA) is 72.2 Å². The Kier molecular flexibility index (Phi) is 3.93. The van der Waals surface area contributed by atoms with Crippen LogP contribution in [-0.4, -0.2) is 25.1 Å². The highest BCUT2D eigenvalue weighted by atomic mass is 16.1. The van der Waals surface area contributed by atoms with Crippen molar-refractivity contribution in [3.05, 3.63) is 72.2 Å². The van der Waals surface area contributed by atoms with E-state index >= 15 is 0 Å². The van der Waals surface area contributed by atoms with E-state index in [1.807, 2.05) is 53.9 Å². The summed E-state index contributed by atoms with van der Waals surface area (Å²) < 4.78 is 2.02. The van der Waals surface area contributed by atoms with E-state index in [0.717, 1.165) is 28.4 Å². The van der Waals surface area contributed by atoms with Gasteiger partial charge in [0, 0.05) is 23.6 Å². The van der Waals surface area contributed by atoms with Crippen molar-refractivity contribution >= 4 is 23.1 Å². The Morgan fingerprint density at radius 2 is 1.85 bits per heavy atom. The fourth-order valence-electron chi connectivity index (χ4n) is 2.89. The van der Waals surface area contributed by atoms with E-state index in [0.29, 0.717) is 11.5 Å². The van der Waals surface area contributed by atoms with E-state index in [2.05, 4.69) is 20.3 Å². The number of fused-ring (bicyclic) bond motifs is 1. The van der Waals surface area contributed by atoms with Crippen LogP contribution >= 0.6 is 0 Å². The largest absolute Gasteiger partial charge is 0.324 e. The number of anilines is 2. The Labute approximate surface area is 150 Å². The van der Waals surface area contributed by atoms with Gasteiger partial charge in [0.25, 0.3) is 0 Å². The zero-order valence-electron chi connectivity index (χ0n) is 14.5. The maximum Gasteiger partial charge on any atom is 0.227 e. The first-order valence-corrected chi connectivity index (χ1v) is 8.27. The molecule has 0 aliphatic carbocycles. The second kappa shape index (κ2) is 6.40. The number of aromatic nitrogens is 4. The predicted octanol–water partition coefficient (Wildman–Crippen LogP) is 4.05. The fourth-order valence-corrected chi connectivity index (χ4v) is 2.89. The van der Waals surface area contributed by atoms with Crippen molar-refractivity contribution in [2.45, 2.75) is 13.8 Å². The summed E-state index contributed by atoms with van der Waals surface area (Å²) in [5.41, 5.74) is 5.02. The molecule has 0 atom stereocenters. The van der Waals surface area contributed by atoms with Crippen molar-refractivity contribution in [1.29, 1.82) is 0 Å². The SMILES string of the molecule is CC(=O)c1ccc(Nc2nccc(-c3c(C)nc4ccccn34)n2)cc1. The number of benzene rings is 1. The van der Waals surface area contributed by atoms with E-state index in [-0.39, 0.29) is 5.78 Å². The molecule has 3 heterocycles. The van der Waals surface area contributed by atoms with Crippen LogP contribution in [0.5, 0.6) is 0 Å². The van der Waals surface area contributed by atoms with Gasteiger partial charge in [-0.25, -0.2) is 15.0 Å². The third kappa shape index (κ3) is 2.93. The van der Waals surface area contributed by atoms with E-state index in [1.165, 1.54) is 0 Å². The third-order valence-electron chi connectivity index (χ3n) is 4.15. The first-order valence-electron chi connectivity index (χ1n) is 8.27. The average Bonchev–Trinajstić information content (AvgIpc) is 2.98. The highest BCUT2D eigenvalue weighted by Gasteiger charge is 2.12. The molecule has 0 bridgehead atoms. The summed E-state index contributed by atoms with van der Waals surface area (Å²) in [4.78, 5) is 24.9. The van der Waals surface area contributed by atoms with Crippen molar-refractivity contribution < 1.29 is 4.79 Å². The Morgan fingerprint density at radius 3 is 2.62 bits per heavy atom. The first kappa shape index (κ1) is 16.0. The average molecular weight is 343 g/mol. The molecular formula is C20H17N5O. The van der Waals surface area contributed by atoms with Crippen molar-refractivity contribution in [2.75, 3.05) is 5.32 Å². The van der Waals surface area contributed by atoms with Crippen LogP contribution in [-0.2, 0) is 0 Å². The van der Waals surface area contributed by atoms with Gasteiger partial charge < -0.3 is 5.32 Å². The molecule has 128 valence electrons. The maximum atomic E-state index is 11.4. The molecule has 0 aliphatic heterocycles. The number of hydrogen-bond acceptors (Lipinski definition) is 5. The van der Waals surface area contributed by atoms with Gasteiger partial charge in [0.1, 0.15) is 5.65 Å². The smallest absolute Gasteiger partial charge is 0.227 e. The molecule has 0 fully saturated rings. The van der Waals surface area contributed by atoms with Crippen molar-refractivity contribution in [1.82, 2.24) is 19.4 Å². The number of carbonyl (C=O) groups excluding carboxylic acids is 1. The quantitative estimate of drug-likeness (QED) is 0.566. The van der Waals surface area contributed by atoms with Gasteiger partial charge >= 0.3 is 0 Å². The monoisotopic (exact) mass is 343 g/mol. The zero-order chi connectivity index (χ0) is 18.1. The van der Waals surface area contributed by atoms with Crippen molar-refractivity contribution in [3.63, 3.8) is 0 Å². The summed E-state index contributed by atoms with van der Waals surface area (Å²) in [5.74, 6) is 0.529. The van der Waals surface area contributed by atoms with E-state index in [1.54, 1.807) is 25.3 Å². The lowest BCUT2D eigenvalue weighted by atomic mass is 10.1. The van der Waals surface area contributed by atoms with Crippen LogP contribution in [0.2, 0.25) is 0 Å². The molecule has 6 heteroatoms. The highest BCUT2D eigenvalue weighted by Crippen LogP contribution is 2.24. The van der Waals surface area contributed by atoms with E-state index in [4.69, 9.17) is 0 Å². The summed E-state index contributed by atoms with van der Waals surface area (Å²) in [7, 11) is 0. The number of aryl methyl sites for hydroxylation is 1. The van der Waals surface area contributed by atoms with Crippen LogP contribution in [0.15, 0.2) is 60.9 Å². The lowest BCUT2D eigenvalue weighted by Crippen LogP contribution is -2.00. The Hall–Kier alpha value is -3.54. The molecule has 0 amide bonds. The van der Waals surface area contributed by atoms with Gasteiger partial charge in [0.15, 0.2) is 5.78 Å². The summed E-state index contributed by atoms with van der Waals surface area (Å²) in [5, 5.41) is 3.18. The second-order valence-electron chi connectivity index (χ2n) is 6.00. The third-order valence-corrected chi connectivity index (χ3v) is 4.15. The number of pyridine rings is 1. The molecule has 0 saturated carbocycles. The number of Topliss-reactive ketones (excluding diaryl/α,β-unsaturated/α-hetero) is 1. The molecule has 3 aromatic heterocycles. The molecule has 0 aliphatic rings. The lowest BCUT2D eigenvalue weighted by molar-refractivity contribution is 0.101.